The SMILES string of the molecule is CN1CCC(Nc2ccccc2NC(=O)c2cccc(F)c2)CC1. The zero-order chi connectivity index (χ0) is 16.9. The first-order chi connectivity index (χ1) is 11.6. The van der Waals surface area contributed by atoms with E-state index in [2.05, 4.69) is 22.6 Å². The van der Waals surface area contributed by atoms with Crippen LogP contribution in [0.3, 0.4) is 0 Å². The first kappa shape index (κ1) is 16.5. The molecule has 2 N–H and O–H groups in total. The second-order valence-corrected chi connectivity index (χ2v) is 6.23. The first-order valence-electron chi connectivity index (χ1n) is 8.23. The lowest BCUT2D eigenvalue weighted by Crippen LogP contribution is -2.36. The van der Waals surface area contributed by atoms with E-state index in [9.17, 15) is 9.18 Å². The molecule has 2 aromatic carbocycles. The minimum Gasteiger partial charge on any atom is -0.381 e. The number of carbonyl (C=O) groups is 1. The summed E-state index contributed by atoms with van der Waals surface area (Å²) in [6, 6.07) is 13.7. The highest BCUT2D eigenvalue weighted by Gasteiger charge is 2.18. The fourth-order valence-electron chi connectivity index (χ4n) is 2.92. The lowest BCUT2D eigenvalue weighted by atomic mass is 10.0. The third kappa shape index (κ3) is 4.11. The summed E-state index contributed by atoms with van der Waals surface area (Å²) in [5, 5.41) is 6.40. The summed E-state index contributed by atoms with van der Waals surface area (Å²) in [5.41, 5.74) is 1.92. The monoisotopic (exact) mass is 327 g/mol. The van der Waals surface area contributed by atoms with Crippen LogP contribution >= 0.6 is 0 Å². The van der Waals surface area contributed by atoms with Gasteiger partial charge in [-0.1, -0.05) is 18.2 Å². The minimum atomic E-state index is -0.416. The fraction of sp³-hybridized carbons (Fsp3) is 0.316. The van der Waals surface area contributed by atoms with E-state index in [1.54, 1.807) is 6.07 Å². The fourth-order valence-corrected chi connectivity index (χ4v) is 2.92. The number of hydrogen-bond acceptors (Lipinski definition) is 3. The molecule has 4 nitrogen and oxygen atoms in total. The molecule has 126 valence electrons. The molecule has 0 spiro atoms. The lowest BCUT2D eigenvalue weighted by molar-refractivity contribution is 0.102. The Bertz CT molecular complexity index is 711. The number of likely N-dealkylation sites (tertiary alicyclic amines) is 1. The first-order valence-corrected chi connectivity index (χ1v) is 8.23. The quantitative estimate of drug-likeness (QED) is 0.902. The van der Waals surface area contributed by atoms with Gasteiger partial charge in [0.1, 0.15) is 5.82 Å². The van der Waals surface area contributed by atoms with Crippen LogP contribution in [-0.4, -0.2) is 37.0 Å². The summed E-state index contributed by atoms with van der Waals surface area (Å²) in [6.45, 7) is 2.13. The molecule has 1 amide bonds. The molecule has 0 radical (unpaired) electrons. The molecular weight excluding hydrogens is 305 g/mol. The third-order valence-corrected chi connectivity index (χ3v) is 4.34. The van der Waals surface area contributed by atoms with Crippen molar-refractivity contribution in [2.45, 2.75) is 18.9 Å². The second-order valence-electron chi connectivity index (χ2n) is 6.23. The number of anilines is 2. The highest BCUT2D eigenvalue weighted by molar-refractivity contribution is 6.05. The highest BCUT2D eigenvalue weighted by Crippen LogP contribution is 2.25. The van der Waals surface area contributed by atoms with E-state index in [-0.39, 0.29) is 5.91 Å². The van der Waals surface area contributed by atoms with Crippen molar-refractivity contribution in [1.29, 1.82) is 0 Å². The molecule has 2 aromatic rings. The Morgan fingerprint density at radius 3 is 2.50 bits per heavy atom. The third-order valence-electron chi connectivity index (χ3n) is 4.34. The van der Waals surface area contributed by atoms with E-state index in [1.807, 2.05) is 24.3 Å². The molecule has 24 heavy (non-hydrogen) atoms. The minimum absolute atomic E-state index is 0.309. The number of amides is 1. The molecule has 3 rings (SSSR count). The van der Waals surface area contributed by atoms with E-state index in [0.717, 1.165) is 31.6 Å². The Hall–Kier alpha value is -2.40. The van der Waals surface area contributed by atoms with Gasteiger partial charge in [-0.05, 0) is 63.3 Å². The van der Waals surface area contributed by atoms with Gasteiger partial charge in [-0.25, -0.2) is 4.39 Å². The number of benzene rings is 2. The largest absolute Gasteiger partial charge is 0.381 e. The Kier molecular flexibility index (Phi) is 5.11. The number of hydrogen-bond donors (Lipinski definition) is 2. The van der Waals surface area contributed by atoms with Gasteiger partial charge in [0.15, 0.2) is 0 Å². The lowest BCUT2D eigenvalue weighted by Gasteiger charge is -2.30. The average molecular weight is 327 g/mol. The zero-order valence-corrected chi connectivity index (χ0v) is 13.8. The van der Waals surface area contributed by atoms with Crippen LogP contribution in [0.4, 0.5) is 15.8 Å². The van der Waals surface area contributed by atoms with Gasteiger partial charge in [0.25, 0.3) is 5.91 Å². The molecule has 0 bridgehead atoms. The van der Waals surface area contributed by atoms with Crippen LogP contribution in [0.5, 0.6) is 0 Å². The topological polar surface area (TPSA) is 44.4 Å². The van der Waals surface area contributed by atoms with Gasteiger partial charge in [-0.3, -0.25) is 4.79 Å². The smallest absolute Gasteiger partial charge is 0.255 e. The summed E-state index contributed by atoms with van der Waals surface area (Å²) < 4.78 is 13.3. The summed E-state index contributed by atoms with van der Waals surface area (Å²) in [7, 11) is 2.13. The van der Waals surface area contributed by atoms with Crippen LogP contribution < -0.4 is 10.6 Å². The van der Waals surface area contributed by atoms with Gasteiger partial charge in [-0.2, -0.15) is 0 Å². The van der Waals surface area contributed by atoms with Crippen LogP contribution in [0.2, 0.25) is 0 Å². The number of rotatable bonds is 4. The highest BCUT2D eigenvalue weighted by atomic mass is 19.1. The van der Waals surface area contributed by atoms with Gasteiger partial charge in [-0.15, -0.1) is 0 Å². The van der Waals surface area contributed by atoms with Crippen molar-refractivity contribution >= 4 is 17.3 Å². The van der Waals surface area contributed by atoms with Crippen LogP contribution in [0.25, 0.3) is 0 Å². The number of carbonyl (C=O) groups excluding carboxylic acids is 1. The van der Waals surface area contributed by atoms with E-state index >= 15 is 0 Å². The summed E-state index contributed by atoms with van der Waals surface area (Å²) in [4.78, 5) is 14.7. The normalized spacial score (nSPS) is 15.9. The average Bonchev–Trinajstić information content (AvgIpc) is 2.58. The van der Waals surface area contributed by atoms with Gasteiger partial charge in [0, 0.05) is 11.6 Å². The number of piperidine rings is 1. The molecule has 0 unspecified atom stereocenters. The molecule has 0 atom stereocenters. The Balaban J connectivity index is 1.71. The Morgan fingerprint density at radius 2 is 1.79 bits per heavy atom. The predicted molar refractivity (Wildman–Crippen MR) is 94.9 cm³/mol. The van der Waals surface area contributed by atoms with E-state index < -0.39 is 5.82 Å². The van der Waals surface area contributed by atoms with Crippen LogP contribution in [0.15, 0.2) is 48.5 Å². The molecule has 0 saturated carbocycles. The van der Waals surface area contributed by atoms with Crippen molar-refractivity contribution in [1.82, 2.24) is 4.90 Å². The zero-order valence-electron chi connectivity index (χ0n) is 13.8. The molecule has 1 saturated heterocycles. The molecule has 5 heteroatoms. The Morgan fingerprint density at radius 1 is 1.08 bits per heavy atom. The van der Waals surface area contributed by atoms with Crippen LogP contribution in [0, 0.1) is 5.82 Å². The maximum atomic E-state index is 13.3. The van der Waals surface area contributed by atoms with Crippen molar-refractivity contribution in [3.63, 3.8) is 0 Å². The molecule has 0 aliphatic carbocycles. The standard InChI is InChI=1S/C19H22FN3O/c1-23-11-9-16(10-12-23)21-17-7-2-3-8-18(17)22-19(24)14-5-4-6-15(20)13-14/h2-8,13,16,21H,9-12H2,1H3,(H,22,24). The van der Waals surface area contributed by atoms with Crippen molar-refractivity contribution < 1.29 is 9.18 Å². The second kappa shape index (κ2) is 7.45. The summed E-state index contributed by atoms with van der Waals surface area (Å²) >= 11 is 0. The number of halogens is 1. The number of nitrogens with one attached hydrogen (secondary N) is 2. The van der Waals surface area contributed by atoms with Gasteiger partial charge >= 0.3 is 0 Å². The Labute approximate surface area is 141 Å². The van der Waals surface area contributed by atoms with Crippen molar-refractivity contribution in [3.8, 4) is 0 Å². The van der Waals surface area contributed by atoms with Crippen LogP contribution in [-0.2, 0) is 0 Å². The summed E-state index contributed by atoms with van der Waals surface area (Å²) in [5.74, 6) is -0.729. The molecule has 1 heterocycles. The van der Waals surface area contributed by atoms with Crippen LogP contribution in [0.1, 0.15) is 23.2 Å². The number of para-hydroxylation sites is 2. The van der Waals surface area contributed by atoms with E-state index in [4.69, 9.17) is 0 Å². The van der Waals surface area contributed by atoms with Gasteiger partial charge < -0.3 is 15.5 Å². The maximum absolute atomic E-state index is 13.3. The van der Waals surface area contributed by atoms with Crippen molar-refractivity contribution in [3.05, 3.63) is 59.9 Å². The van der Waals surface area contributed by atoms with Crippen molar-refractivity contribution in [2.75, 3.05) is 30.8 Å². The molecule has 1 aliphatic rings. The molecule has 0 aromatic heterocycles. The maximum Gasteiger partial charge on any atom is 0.255 e. The molecule has 1 fully saturated rings. The van der Waals surface area contributed by atoms with Gasteiger partial charge in [0.05, 0.1) is 11.4 Å². The summed E-state index contributed by atoms with van der Waals surface area (Å²) in [6.07, 6.45) is 2.14. The molecular formula is C19H22FN3O. The van der Waals surface area contributed by atoms with Crippen molar-refractivity contribution in [2.24, 2.45) is 0 Å². The number of nitrogens with zero attached hydrogens (tertiary/aromatic N) is 1. The predicted octanol–water partition coefficient (Wildman–Crippen LogP) is 3.58. The van der Waals surface area contributed by atoms with E-state index in [1.165, 1.54) is 18.2 Å². The van der Waals surface area contributed by atoms with Gasteiger partial charge in [0.2, 0.25) is 0 Å². The van der Waals surface area contributed by atoms with E-state index in [0.29, 0.717) is 17.3 Å². The molecule has 1 aliphatic heterocycles.